The van der Waals surface area contributed by atoms with Crippen LogP contribution in [0.1, 0.15) is 58.6 Å². The van der Waals surface area contributed by atoms with Gasteiger partial charge in [-0.15, -0.1) is 18.2 Å². The molecule has 0 bridgehead atoms. The molecule has 1 saturated heterocycles. The lowest BCUT2D eigenvalue weighted by Gasteiger charge is -2.69. The first-order chi connectivity index (χ1) is 15.3. The third-order valence-corrected chi connectivity index (χ3v) is 10.9. The van der Waals surface area contributed by atoms with Crippen molar-refractivity contribution in [2.75, 3.05) is 0 Å². The van der Waals surface area contributed by atoms with Crippen LogP contribution < -0.4 is 0 Å². The van der Waals surface area contributed by atoms with Crippen molar-refractivity contribution in [2.45, 2.75) is 81.7 Å². The summed E-state index contributed by atoms with van der Waals surface area (Å²) in [6.45, 7) is 14.1. The van der Waals surface area contributed by atoms with Gasteiger partial charge in [-0.25, -0.2) is 0 Å². The number of alkyl halides is 1. The molecule has 2 heterocycles. The molecule has 0 radical (unpaired) electrons. The molecule has 5 nitrogen and oxygen atoms in total. The fourth-order valence-corrected chi connectivity index (χ4v) is 8.96. The number of fused-ring (bicyclic) bond motifs is 2. The second kappa shape index (κ2) is 5.74. The van der Waals surface area contributed by atoms with Crippen LogP contribution in [0.3, 0.4) is 0 Å². The molecule has 2 N–H and O–H groups in total. The lowest BCUT2D eigenvalue weighted by molar-refractivity contribution is -0.278. The predicted octanol–water partition coefficient (Wildman–Crippen LogP) is 4.51. The van der Waals surface area contributed by atoms with Gasteiger partial charge in [-0.2, -0.15) is 5.26 Å². The van der Waals surface area contributed by atoms with Gasteiger partial charge >= 0.3 is 0 Å². The molecule has 33 heavy (non-hydrogen) atoms. The van der Waals surface area contributed by atoms with Crippen LogP contribution in [0.5, 0.6) is 0 Å². The summed E-state index contributed by atoms with van der Waals surface area (Å²) < 4.78 is 6.31. The number of nitriles is 1. The third-order valence-electron chi connectivity index (χ3n) is 10.2. The molecule has 5 aliphatic rings. The van der Waals surface area contributed by atoms with Crippen LogP contribution in [0.2, 0.25) is 0 Å². The highest BCUT2D eigenvalue weighted by atomic mass is 35.5. The van der Waals surface area contributed by atoms with E-state index in [0.29, 0.717) is 29.8 Å². The van der Waals surface area contributed by atoms with Gasteiger partial charge in [0.25, 0.3) is 0 Å². The summed E-state index contributed by atoms with van der Waals surface area (Å²) in [5.41, 5.74) is -4.47. The van der Waals surface area contributed by atoms with Gasteiger partial charge in [0, 0.05) is 27.7 Å². The van der Waals surface area contributed by atoms with Crippen LogP contribution in [-0.4, -0.2) is 39.1 Å². The minimum absolute atomic E-state index is 0.359. The Bertz CT molecular complexity index is 1200. The molecule has 0 aromatic heterocycles. The highest BCUT2D eigenvalue weighted by molar-refractivity contribution is 6.21. The first kappa shape index (κ1) is 21.8. The van der Waals surface area contributed by atoms with E-state index in [1.165, 1.54) is 0 Å². The molecule has 6 heteroatoms. The number of allylic oxidation sites excluding steroid dienone is 1. The van der Waals surface area contributed by atoms with Crippen LogP contribution in [0.15, 0.2) is 35.8 Å². The topological polar surface area (TPSA) is 89.1 Å². The average molecular weight is 467 g/mol. The summed E-state index contributed by atoms with van der Waals surface area (Å²) in [5, 5.41) is 36.8. The van der Waals surface area contributed by atoms with E-state index in [0.717, 1.165) is 5.56 Å². The van der Waals surface area contributed by atoms with Crippen LogP contribution in [-0.2, 0) is 15.8 Å². The number of nitrogens with zero attached hydrogens (tertiary/aromatic N) is 2. The van der Waals surface area contributed by atoms with Crippen molar-refractivity contribution >= 4 is 23.0 Å². The molecule has 174 valence electrons. The first-order valence-electron chi connectivity index (χ1n) is 11.8. The number of aliphatic hydroxyl groups is 2. The molecular weight excluding hydrogens is 436 g/mol. The van der Waals surface area contributed by atoms with E-state index < -0.39 is 50.3 Å². The lowest BCUT2D eigenvalue weighted by Crippen LogP contribution is -2.80. The normalized spacial score (nSPS) is 49.1. The van der Waals surface area contributed by atoms with Crippen molar-refractivity contribution in [1.29, 1.82) is 5.26 Å². The molecule has 0 spiro atoms. The van der Waals surface area contributed by atoms with Gasteiger partial charge in [-0.05, 0) is 29.9 Å². The quantitative estimate of drug-likeness (QED) is 0.381. The standard InChI is InChI=1S/C27H31ClN2O3/c1-7-11-24(6)17(28)12-16-22(2,3)14-9-8-10-15-18(14)26(31)21(30-15)23(4,5)19-20(33-19)25(24,13-29)27(16,26)32/h7-10,16-17,19-20,31-32H,1,11-12H2,2-6H3/t16-,17-,19-,20+,24+,25-,26-,27+/m1/s1. The summed E-state index contributed by atoms with van der Waals surface area (Å²) in [6.07, 6.45) is 1.72. The fourth-order valence-electron chi connectivity index (χ4n) is 8.52. The molecule has 2 aliphatic heterocycles. The van der Waals surface area contributed by atoms with E-state index in [-0.39, 0.29) is 6.10 Å². The summed E-state index contributed by atoms with van der Waals surface area (Å²) >= 11 is 7.18. The second-order valence-electron chi connectivity index (χ2n) is 12.1. The zero-order chi connectivity index (χ0) is 24.0. The molecule has 8 atom stereocenters. The maximum atomic E-state index is 13.2. The van der Waals surface area contributed by atoms with Crippen molar-refractivity contribution in [3.63, 3.8) is 0 Å². The maximum absolute atomic E-state index is 13.2. The van der Waals surface area contributed by atoms with Crippen LogP contribution in [0, 0.1) is 33.5 Å². The summed E-state index contributed by atoms with van der Waals surface area (Å²) in [4.78, 5) is 4.97. The Hall–Kier alpha value is -1.71. The highest BCUT2D eigenvalue weighted by Gasteiger charge is 2.89. The van der Waals surface area contributed by atoms with Crippen molar-refractivity contribution in [3.8, 4) is 6.07 Å². The van der Waals surface area contributed by atoms with Gasteiger partial charge in [-0.1, -0.05) is 52.8 Å². The van der Waals surface area contributed by atoms with Crippen molar-refractivity contribution in [2.24, 2.45) is 27.2 Å². The predicted molar refractivity (Wildman–Crippen MR) is 127 cm³/mol. The minimum atomic E-state index is -1.85. The second-order valence-corrected chi connectivity index (χ2v) is 12.7. The van der Waals surface area contributed by atoms with E-state index in [1.54, 1.807) is 6.08 Å². The summed E-state index contributed by atoms with van der Waals surface area (Å²) in [7, 11) is 0. The number of halogens is 1. The number of rotatable bonds is 2. The van der Waals surface area contributed by atoms with Gasteiger partial charge in [-0.3, -0.25) is 4.99 Å². The number of benzene rings is 1. The molecular formula is C27H31ClN2O3. The summed E-state index contributed by atoms with van der Waals surface area (Å²) in [6, 6.07) is 8.46. The smallest absolute Gasteiger partial charge is 0.161 e. The van der Waals surface area contributed by atoms with Crippen LogP contribution in [0.25, 0.3) is 0 Å². The highest BCUT2D eigenvalue weighted by Crippen LogP contribution is 2.78. The monoisotopic (exact) mass is 466 g/mol. The molecule has 1 aromatic carbocycles. The Morgan fingerprint density at radius 2 is 1.91 bits per heavy atom. The van der Waals surface area contributed by atoms with E-state index in [4.69, 9.17) is 21.3 Å². The molecule has 1 aromatic rings. The van der Waals surface area contributed by atoms with Crippen LogP contribution in [0.4, 0.5) is 5.69 Å². The Morgan fingerprint density at radius 1 is 1.21 bits per heavy atom. The first-order valence-corrected chi connectivity index (χ1v) is 12.3. The SMILES string of the molecule is C=CC[C@@]1(C)[C@H](Cl)C[C@@H]2C(C)(C)c3cccc4c3[C@@]3(O)C(=N4)C(C)(C)[C@@H]4O[C@@H]4[C@@]1(C#N)[C@@]23O. The molecule has 0 amide bonds. The van der Waals surface area contributed by atoms with Crippen molar-refractivity contribution < 1.29 is 14.9 Å². The van der Waals surface area contributed by atoms with Gasteiger partial charge in [0.05, 0.1) is 23.6 Å². The lowest BCUT2D eigenvalue weighted by atomic mass is 9.36. The minimum Gasteiger partial charge on any atom is -0.384 e. The van der Waals surface area contributed by atoms with Gasteiger partial charge in [0.15, 0.2) is 5.60 Å². The van der Waals surface area contributed by atoms with E-state index >= 15 is 0 Å². The van der Waals surface area contributed by atoms with E-state index in [9.17, 15) is 15.5 Å². The number of aliphatic imine (C=N–C) groups is 1. The van der Waals surface area contributed by atoms with Crippen molar-refractivity contribution in [1.82, 2.24) is 0 Å². The number of epoxide rings is 1. The van der Waals surface area contributed by atoms with Gasteiger partial charge in [0.2, 0.25) is 0 Å². The Morgan fingerprint density at radius 3 is 2.55 bits per heavy atom. The van der Waals surface area contributed by atoms with Gasteiger partial charge in [0.1, 0.15) is 17.1 Å². The number of hydrogen-bond acceptors (Lipinski definition) is 5. The molecule has 0 unspecified atom stereocenters. The largest absolute Gasteiger partial charge is 0.384 e. The zero-order valence-electron chi connectivity index (χ0n) is 19.8. The Kier molecular flexibility index (Phi) is 3.79. The number of hydrogen-bond donors (Lipinski definition) is 2. The molecule has 3 fully saturated rings. The molecule has 3 aliphatic carbocycles. The van der Waals surface area contributed by atoms with Crippen LogP contribution >= 0.6 is 11.6 Å². The number of ether oxygens (including phenoxy) is 1. The Balaban J connectivity index is 1.83. The average Bonchev–Trinajstić information content (AvgIpc) is 3.49. The zero-order valence-corrected chi connectivity index (χ0v) is 20.6. The summed E-state index contributed by atoms with van der Waals surface area (Å²) in [5.74, 6) is -0.486. The molecule has 6 rings (SSSR count). The third kappa shape index (κ3) is 1.86. The van der Waals surface area contributed by atoms with E-state index in [1.807, 2.05) is 39.0 Å². The maximum Gasteiger partial charge on any atom is 0.161 e. The Labute approximate surface area is 200 Å². The fraction of sp³-hybridized carbons (Fsp3) is 0.630. The van der Waals surface area contributed by atoms with E-state index in [2.05, 4.69) is 26.5 Å². The van der Waals surface area contributed by atoms with Gasteiger partial charge < -0.3 is 14.9 Å². The molecule has 2 saturated carbocycles. The van der Waals surface area contributed by atoms with Crippen molar-refractivity contribution in [3.05, 3.63) is 42.0 Å².